The largest absolute Gasteiger partial charge is 0.494 e. The number of piperidine rings is 1. The molecule has 0 radical (unpaired) electrons. The molecule has 2 aliphatic rings. The molecule has 0 unspecified atom stereocenters. The lowest BCUT2D eigenvalue weighted by Gasteiger charge is -2.33. The molecule has 2 aliphatic heterocycles. The number of hydrogen-bond acceptors (Lipinski definition) is 9. The number of morpholine rings is 1. The van der Waals surface area contributed by atoms with Crippen molar-refractivity contribution in [2.75, 3.05) is 62.6 Å². The highest BCUT2D eigenvalue weighted by Crippen LogP contribution is 2.32. The number of rotatable bonds is 7. The fourth-order valence-corrected chi connectivity index (χ4v) is 4.79. The van der Waals surface area contributed by atoms with Crippen molar-refractivity contribution >= 4 is 40.4 Å². The van der Waals surface area contributed by atoms with Crippen LogP contribution in [0.1, 0.15) is 25.1 Å². The third-order valence-electron chi connectivity index (χ3n) is 6.42. The number of carbonyl (C=O) groups excluding carboxylic acids is 1. The zero-order valence-electron chi connectivity index (χ0n) is 20.2. The van der Waals surface area contributed by atoms with Crippen molar-refractivity contribution in [2.24, 2.45) is 0 Å². The Kier molecular flexibility index (Phi) is 7.51. The number of para-hydroxylation sites is 1. The SMILES string of the molecule is COc1cccc2c1nc(C(F)F)n2-c1nc(N[C@H]2CCCN(C(=O)CCl)C2)nc(N2CCOCC2)n1. The van der Waals surface area contributed by atoms with Gasteiger partial charge in [0, 0.05) is 32.2 Å². The Bertz CT molecular complexity index is 1270. The molecule has 2 fully saturated rings. The van der Waals surface area contributed by atoms with Gasteiger partial charge in [0.05, 0.1) is 25.8 Å². The number of hydrogen-bond donors (Lipinski definition) is 1. The molecule has 37 heavy (non-hydrogen) atoms. The van der Waals surface area contributed by atoms with Crippen LogP contribution in [-0.4, -0.2) is 93.7 Å². The number of methoxy groups -OCH3 is 1. The van der Waals surface area contributed by atoms with E-state index in [1.165, 1.54) is 11.7 Å². The molecule has 0 bridgehead atoms. The van der Waals surface area contributed by atoms with Crippen molar-refractivity contribution < 1.29 is 23.0 Å². The Labute approximate surface area is 216 Å². The van der Waals surface area contributed by atoms with Gasteiger partial charge >= 0.3 is 0 Å². The van der Waals surface area contributed by atoms with Crippen LogP contribution in [0.2, 0.25) is 0 Å². The number of anilines is 2. The Morgan fingerprint density at radius 1 is 1.19 bits per heavy atom. The molecule has 1 amide bonds. The van der Waals surface area contributed by atoms with Crippen LogP contribution in [0.3, 0.4) is 0 Å². The summed E-state index contributed by atoms with van der Waals surface area (Å²) in [5.74, 6) is 0.212. The number of aromatic nitrogens is 5. The predicted molar refractivity (Wildman–Crippen MR) is 133 cm³/mol. The zero-order valence-corrected chi connectivity index (χ0v) is 21.0. The first kappa shape index (κ1) is 25.3. The zero-order chi connectivity index (χ0) is 25.9. The van der Waals surface area contributed by atoms with E-state index in [9.17, 15) is 13.6 Å². The number of benzene rings is 1. The molecule has 0 saturated carbocycles. The second-order valence-electron chi connectivity index (χ2n) is 8.75. The van der Waals surface area contributed by atoms with E-state index in [1.54, 1.807) is 23.1 Å². The van der Waals surface area contributed by atoms with Crippen LogP contribution in [0.25, 0.3) is 17.0 Å². The maximum absolute atomic E-state index is 14.2. The summed E-state index contributed by atoms with van der Waals surface area (Å²) >= 11 is 5.75. The highest BCUT2D eigenvalue weighted by Gasteiger charge is 2.28. The molecule has 1 N–H and O–H groups in total. The normalized spacial score (nSPS) is 18.5. The lowest BCUT2D eigenvalue weighted by molar-refractivity contribution is -0.129. The van der Waals surface area contributed by atoms with Gasteiger partial charge in [-0.15, -0.1) is 11.6 Å². The van der Waals surface area contributed by atoms with Gasteiger partial charge in [0.1, 0.15) is 17.1 Å². The van der Waals surface area contributed by atoms with E-state index in [0.29, 0.717) is 56.6 Å². The summed E-state index contributed by atoms with van der Waals surface area (Å²) in [6.45, 7) is 3.15. The van der Waals surface area contributed by atoms with E-state index in [4.69, 9.17) is 21.1 Å². The van der Waals surface area contributed by atoms with Crippen LogP contribution in [-0.2, 0) is 9.53 Å². The second kappa shape index (κ2) is 11.0. The highest BCUT2D eigenvalue weighted by molar-refractivity contribution is 6.27. The molecule has 4 heterocycles. The minimum absolute atomic E-state index is 0.00884. The van der Waals surface area contributed by atoms with E-state index < -0.39 is 12.2 Å². The molecule has 0 aliphatic carbocycles. The second-order valence-corrected chi connectivity index (χ2v) is 9.02. The summed E-state index contributed by atoms with van der Waals surface area (Å²) in [7, 11) is 1.46. The number of alkyl halides is 3. The van der Waals surface area contributed by atoms with Crippen LogP contribution in [0.5, 0.6) is 5.75 Å². The molecule has 198 valence electrons. The maximum atomic E-state index is 14.2. The van der Waals surface area contributed by atoms with Crippen LogP contribution in [0.4, 0.5) is 20.7 Å². The summed E-state index contributed by atoms with van der Waals surface area (Å²) in [4.78, 5) is 33.6. The van der Waals surface area contributed by atoms with Crippen molar-refractivity contribution in [3.8, 4) is 11.7 Å². The summed E-state index contributed by atoms with van der Waals surface area (Å²) in [6.07, 6.45) is -1.31. The lowest BCUT2D eigenvalue weighted by atomic mass is 10.1. The summed E-state index contributed by atoms with van der Waals surface area (Å²) in [5.41, 5.74) is 0.668. The molecule has 2 aromatic heterocycles. The number of nitrogens with one attached hydrogen (secondary N) is 1. The number of imidazole rings is 1. The number of likely N-dealkylation sites (tertiary alicyclic amines) is 1. The highest BCUT2D eigenvalue weighted by atomic mass is 35.5. The minimum atomic E-state index is -2.88. The van der Waals surface area contributed by atoms with E-state index in [-0.39, 0.29) is 35.2 Å². The van der Waals surface area contributed by atoms with Crippen molar-refractivity contribution in [3.63, 3.8) is 0 Å². The van der Waals surface area contributed by atoms with E-state index in [1.807, 2.05) is 4.90 Å². The molecular formula is C23H27ClF2N8O3. The topological polar surface area (TPSA) is 111 Å². The van der Waals surface area contributed by atoms with E-state index >= 15 is 0 Å². The minimum Gasteiger partial charge on any atom is -0.494 e. The van der Waals surface area contributed by atoms with Crippen molar-refractivity contribution in [3.05, 3.63) is 24.0 Å². The first-order valence-corrected chi connectivity index (χ1v) is 12.5. The molecule has 5 rings (SSSR count). The molecule has 1 aromatic carbocycles. The fraction of sp³-hybridized carbons (Fsp3) is 0.522. The van der Waals surface area contributed by atoms with Gasteiger partial charge in [-0.3, -0.25) is 9.36 Å². The van der Waals surface area contributed by atoms with Gasteiger partial charge in [0.25, 0.3) is 6.43 Å². The van der Waals surface area contributed by atoms with Gasteiger partial charge in [0.15, 0.2) is 5.82 Å². The van der Waals surface area contributed by atoms with Crippen LogP contribution < -0.4 is 15.0 Å². The Morgan fingerprint density at radius 3 is 2.70 bits per heavy atom. The average molecular weight is 537 g/mol. The van der Waals surface area contributed by atoms with Gasteiger partial charge in [-0.2, -0.15) is 15.0 Å². The van der Waals surface area contributed by atoms with Crippen molar-refractivity contribution in [1.82, 2.24) is 29.4 Å². The van der Waals surface area contributed by atoms with Crippen molar-refractivity contribution in [2.45, 2.75) is 25.3 Å². The van der Waals surface area contributed by atoms with Gasteiger partial charge in [-0.1, -0.05) is 6.07 Å². The Morgan fingerprint density at radius 2 is 1.97 bits per heavy atom. The quantitative estimate of drug-likeness (QED) is 0.455. The maximum Gasteiger partial charge on any atom is 0.296 e. The first-order valence-electron chi connectivity index (χ1n) is 12.0. The Hall–Kier alpha value is -3.32. The summed E-state index contributed by atoms with van der Waals surface area (Å²) in [6, 6.07) is 4.88. The predicted octanol–water partition coefficient (Wildman–Crippen LogP) is 2.64. The number of ether oxygens (including phenoxy) is 2. The van der Waals surface area contributed by atoms with Crippen molar-refractivity contribution in [1.29, 1.82) is 0 Å². The van der Waals surface area contributed by atoms with Crippen LogP contribution in [0.15, 0.2) is 18.2 Å². The van der Waals surface area contributed by atoms with Gasteiger partial charge in [-0.25, -0.2) is 13.8 Å². The number of fused-ring (bicyclic) bond motifs is 1. The summed E-state index contributed by atoms with van der Waals surface area (Å²) in [5, 5.41) is 3.29. The molecule has 11 nitrogen and oxygen atoms in total. The molecular weight excluding hydrogens is 510 g/mol. The standard InChI is InChI=1S/C23H27ClF2N8O3/c1-36-16-6-2-5-15-18(16)28-20(19(25)26)34(15)23-30-21(29-22(31-23)32-8-10-37-11-9-32)27-14-4-3-7-33(13-14)17(35)12-24/h2,5-6,14,19H,3-4,7-13H2,1H3,(H,27,29,30,31)/t14-/m0/s1. The molecule has 3 aromatic rings. The van der Waals surface area contributed by atoms with Crippen LogP contribution >= 0.6 is 11.6 Å². The molecule has 1 atom stereocenters. The van der Waals surface area contributed by atoms with Gasteiger partial charge in [0.2, 0.25) is 23.8 Å². The van der Waals surface area contributed by atoms with Crippen LogP contribution in [0, 0.1) is 0 Å². The lowest BCUT2D eigenvalue weighted by Crippen LogP contribution is -2.46. The molecule has 0 spiro atoms. The number of nitrogens with zero attached hydrogens (tertiary/aromatic N) is 7. The fourth-order valence-electron chi connectivity index (χ4n) is 4.62. The average Bonchev–Trinajstić information content (AvgIpc) is 3.33. The summed E-state index contributed by atoms with van der Waals surface area (Å²) < 4.78 is 40.4. The third-order valence-corrected chi connectivity index (χ3v) is 6.65. The third kappa shape index (κ3) is 5.23. The smallest absolute Gasteiger partial charge is 0.296 e. The van der Waals surface area contributed by atoms with Gasteiger partial charge < -0.3 is 24.6 Å². The monoisotopic (exact) mass is 536 g/mol. The van der Waals surface area contributed by atoms with E-state index in [2.05, 4.69) is 25.3 Å². The molecule has 14 heteroatoms. The van der Waals surface area contributed by atoms with Gasteiger partial charge in [-0.05, 0) is 25.0 Å². The Balaban J connectivity index is 1.58. The van der Waals surface area contributed by atoms with E-state index in [0.717, 1.165) is 12.8 Å². The number of halogens is 3. The molecule has 2 saturated heterocycles. The number of amides is 1. The first-order chi connectivity index (χ1) is 18.0. The number of carbonyl (C=O) groups is 1.